The molecule has 1 saturated heterocycles. The highest BCUT2D eigenvalue weighted by molar-refractivity contribution is 5.53. The fourth-order valence-corrected chi connectivity index (χ4v) is 2.28. The van der Waals surface area contributed by atoms with Crippen LogP contribution in [0.3, 0.4) is 0 Å². The molecule has 1 aromatic carbocycles. The van der Waals surface area contributed by atoms with Crippen molar-refractivity contribution < 1.29 is 9.13 Å². The number of hydrogen-bond acceptors (Lipinski definition) is 4. The van der Waals surface area contributed by atoms with Gasteiger partial charge in [0.25, 0.3) is 0 Å². The van der Waals surface area contributed by atoms with Gasteiger partial charge in [0, 0.05) is 39.8 Å². The van der Waals surface area contributed by atoms with Crippen LogP contribution in [0.2, 0.25) is 0 Å². The Morgan fingerprint density at radius 3 is 2.68 bits per heavy atom. The average Bonchev–Trinajstić information content (AvgIpc) is 2.46. The predicted molar refractivity (Wildman–Crippen MR) is 71.6 cm³/mol. The van der Waals surface area contributed by atoms with E-state index in [2.05, 4.69) is 4.90 Å². The van der Waals surface area contributed by atoms with Gasteiger partial charge in [0.05, 0.1) is 17.9 Å². The SMILES string of the molecule is COCCN1CCN(c2cccc(C#N)c2F)CC1. The molecular weight excluding hydrogens is 245 g/mol. The Morgan fingerprint density at radius 2 is 2.05 bits per heavy atom. The van der Waals surface area contributed by atoms with Crippen molar-refractivity contribution in [2.45, 2.75) is 0 Å². The van der Waals surface area contributed by atoms with Crippen molar-refractivity contribution in [1.82, 2.24) is 4.90 Å². The smallest absolute Gasteiger partial charge is 0.164 e. The molecule has 1 aliphatic rings. The van der Waals surface area contributed by atoms with Crippen molar-refractivity contribution in [3.8, 4) is 6.07 Å². The molecular formula is C14H18FN3O. The Morgan fingerprint density at radius 1 is 1.32 bits per heavy atom. The first kappa shape index (κ1) is 13.8. The number of nitrogens with zero attached hydrogens (tertiary/aromatic N) is 3. The number of hydrogen-bond donors (Lipinski definition) is 0. The molecule has 0 aliphatic carbocycles. The van der Waals surface area contributed by atoms with Crippen LogP contribution in [0.1, 0.15) is 5.56 Å². The lowest BCUT2D eigenvalue weighted by Crippen LogP contribution is -2.47. The van der Waals surface area contributed by atoms with Crippen LogP contribution in [-0.4, -0.2) is 51.3 Å². The van der Waals surface area contributed by atoms with Gasteiger partial charge in [-0.1, -0.05) is 6.07 Å². The molecule has 0 unspecified atom stereocenters. The number of piperazine rings is 1. The maximum absolute atomic E-state index is 14.1. The molecule has 4 nitrogen and oxygen atoms in total. The monoisotopic (exact) mass is 263 g/mol. The molecule has 0 spiro atoms. The molecule has 19 heavy (non-hydrogen) atoms. The van der Waals surface area contributed by atoms with Gasteiger partial charge in [0.2, 0.25) is 0 Å². The van der Waals surface area contributed by atoms with E-state index in [4.69, 9.17) is 10.00 Å². The Balaban J connectivity index is 2.00. The molecule has 1 fully saturated rings. The zero-order chi connectivity index (χ0) is 13.7. The highest BCUT2D eigenvalue weighted by Gasteiger charge is 2.20. The molecule has 5 heteroatoms. The summed E-state index contributed by atoms with van der Waals surface area (Å²) in [5.74, 6) is -0.407. The van der Waals surface area contributed by atoms with Crippen LogP contribution in [0, 0.1) is 17.1 Å². The molecule has 1 heterocycles. The third kappa shape index (κ3) is 3.22. The Hall–Kier alpha value is -1.64. The molecule has 0 bridgehead atoms. The molecule has 0 saturated carbocycles. The molecule has 0 amide bonds. The number of nitriles is 1. The van der Waals surface area contributed by atoms with E-state index < -0.39 is 5.82 Å². The van der Waals surface area contributed by atoms with E-state index in [9.17, 15) is 4.39 Å². The van der Waals surface area contributed by atoms with Crippen molar-refractivity contribution in [2.75, 3.05) is 51.3 Å². The first-order chi connectivity index (χ1) is 9.26. The van der Waals surface area contributed by atoms with E-state index >= 15 is 0 Å². The van der Waals surface area contributed by atoms with Crippen LogP contribution in [0.4, 0.5) is 10.1 Å². The number of benzene rings is 1. The van der Waals surface area contributed by atoms with Crippen LogP contribution in [0.25, 0.3) is 0 Å². The minimum atomic E-state index is -0.407. The third-order valence-corrected chi connectivity index (χ3v) is 3.42. The van der Waals surface area contributed by atoms with Gasteiger partial charge < -0.3 is 9.64 Å². The second-order valence-electron chi connectivity index (χ2n) is 4.57. The summed E-state index contributed by atoms with van der Waals surface area (Å²) in [7, 11) is 1.69. The van der Waals surface area contributed by atoms with Gasteiger partial charge in [-0.25, -0.2) is 4.39 Å². The van der Waals surface area contributed by atoms with E-state index in [1.165, 1.54) is 6.07 Å². The lowest BCUT2D eigenvalue weighted by atomic mass is 10.1. The highest BCUT2D eigenvalue weighted by atomic mass is 19.1. The second-order valence-corrected chi connectivity index (χ2v) is 4.57. The first-order valence-corrected chi connectivity index (χ1v) is 6.41. The standard InChI is InChI=1S/C14H18FN3O/c1-19-10-9-17-5-7-18(8-6-17)13-4-2-3-12(11-16)14(13)15/h2-4H,5-10H2,1H3. The lowest BCUT2D eigenvalue weighted by molar-refractivity contribution is 0.144. The molecule has 0 N–H and O–H groups in total. The maximum atomic E-state index is 14.1. The van der Waals surface area contributed by atoms with E-state index in [1.807, 2.05) is 11.0 Å². The predicted octanol–water partition coefficient (Wildman–Crippen LogP) is 1.47. The molecule has 0 radical (unpaired) electrons. The number of ether oxygens (including phenoxy) is 1. The molecule has 2 rings (SSSR count). The van der Waals surface area contributed by atoms with Crippen molar-refractivity contribution in [2.24, 2.45) is 0 Å². The van der Waals surface area contributed by atoms with Crippen LogP contribution < -0.4 is 4.90 Å². The van der Waals surface area contributed by atoms with Crippen molar-refractivity contribution in [1.29, 1.82) is 5.26 Å². The minimum Gasteiger partial charge on any atom is -0.383 e. The van der Waals surface area contributed by atoms with Gasteiger partial charge in [-0.05, 0) is 12.1 Å². The Kier molecular flexibility index (Phi) is 4.72. The van der Waals surface area contributed by atoms with E-state index in [0.29, 0.717) is 5.69 Å². The van der Waals surface area contributed by atoms with Crippen molar-refractivity contribution >= 4 is 5.69 Å². The first-order valence-electron chi connectivity index (χ1n) is 6.41. The quantitative estimate of drug-likeness (QED) is 0.824. The van der Waals surface area contributed by atoms with Gasteiger partial charge in [0.15, 0.2) is 5.82 Å². The van der Waals surface area contributed by atoms with Gasteiger partial charge in [-0.3, -0.25) is 4.90 Å². The summed E-state index contributed by atoms with van der Waals surface area (Å²) in [6.45, 7) is 4.95. The highest BCUT2D eigenvalue weighted by Crippen LogP contribution is 2.23. The zero-order valence-electron chi connectivity index (χ0n) is 11.1. The molecule has 102 valence electrons. The summed E-state index contributed by atoms with van der Waals surface area (Å²) >= 11 is 0. The molecule has 0 aromatic heterocycles. The summed E-state index contributed by atoms with van der Waals surface area (Å²) in [5.41, 5.74) is 0.643. The summed E-state index contributed by atoms with van der Waals surface area (Å²) in [5, 5.41) is 8.85. The Labute approximate surface area is 113 Å². The van der Waals surface area contributed by atoms with Crippen molar-refractivity contribution in [3.05, 3.63) is 29.6 Å². The van der Waals surface area contributed by atoms with E-state index in [1.54, 1.807) is 19.2 Å². The fraction of sp³-hybridized carbons (Fsp3) is 0.500. The van der Waals surface area contributed by atoms with E-state index in [0.717, 1.165) is 39.3 Å². The van der Waals surface area contributed by atoms with Gasteiger partial charge in [-0.2, -0.15) is 5.26 Å². The van der Waals surface area contributed by atoms with Crippen LogP contribution in [0.5, 0.6) is 0 Å². The van der Waals surface area contributed by atoms with Gasteiger partial charge in [0.1, 0.15) is 6.07 Å². The molecule has 1 aliphatic heterocycles. The van der Waals surface area contributed by atoms with Gasteiger partial charge in [-0.15, -0.1) is 0 Å². The molecule has 0 atom stereocenters. The second kappa shape index (κ2) is 6.50. The maximum Gasteiger partial charge on any atom is 0.164 e. The normalized spacial score (nSPS) is 16.4. The summed E-state index contributed by atoms with van der Waals surface area (Å²) in [6.07, 6.45) is 0. The number of halogens is 1. The number of anilines is 1. The topological polar surface area (TPSA) is 39.5 Å². The fourth-order valence-electron chi connectivity index (χ4n) is 2.28. The Bertz CT molecular complexity index is 464. The van der Waals surface area contributed by atoms with Crippen LogP contribution in [0.15, 0.2) is 18.2 Å². The average molecular weight is 263 g/mol. The minimum absolute atomic E-state index is 0.110. The van der Waals surface area contributed by atoms with Crippen LogP contribution in [-0.2, 0) is 4.74 Å². The molecule has 1 aromatic rings. The number of rotatable bonds is 4. The largest absolute Gasteiger partial charge is 0.383 e. The van der Waals surface area contributed by atoms with Crippen molar-refractivity contribution in [3.63, 3.8) is 0 Å². The van der Waals surface area contributed by atoms with Gasteiger partial charge >= 0.3 is 0 Å². The zero-order valence-corrected chi connectivity index (χ0v) is 11.1. The summed E-state index contributed by atoms with van der Waals surface area (Å²) in [4.78, 5) is 4.30. The van der Waals surface area contributed by atoms with E-state index in [-0.39, 0.29) is 5.56 Å². The lowest BCUT2D eigenvalue weighted by Gasteiger charge is -2.36. The summed E-state index contributed by atoms with van der Waals surface area (Å²) in [6, 6.07) is 6.86. The number of methoxy groups -OCH3 is 1. The summed E-state index contributed by atoms with van der Waals surface area (Å²) < 4.78 is 19.1. The third-order valence-electron chi connectivity index (χ3n) is 3.42. The van der Waals surface area contributed by atoms with Crippen LogP contribution >= 0.6 is 0 Å².